The average molecular weight is 514 g/mol. The van der Waals surface area contributed by atoms with E-state index in [9.17, 15) is 9.59 Å². The second-order valence-corrected chi connectivity index (χ2v) is 8.80. The summed E-state index contributed by atoms with van der Waals surface area (Å²) in [6.45, 7) is 6.94. The lowest BCUT2D eigenvalue weighted by molar-refractivity contribution is -0.137. The van der Waals surface area contributed by atoms with Crippen LogP contribution in [0.1, 0.15) is 30.5 Å². The number of hydrogen-bond acceptors (Lipinski definition) is 4. The summed E-state index contributed by atoms with van der Waals surface area (Å²) in [5.41, 5.74) is 1.71. The van der Waals surface area contributed by atoms with Gasteiger partial charge in [0.1, 0.15) is 6.04 Å². The molecule has 176 valence electrons. The first-order chi connectivity index (χ1) is 16.1. The first-order valence-electron chi connectivity index (χ1n) is 11.5. The van der Waals surface area contributed by atoms with Crippen LogP contribution < -0.4 is 5.32 Å². The van der Waals surface area contributed by atoms with E-state index in [0.29, 0.717) is 13.1 Å². The van der Waals surface area contributed by atoms with Gasteiger partial charge in [0.25, 0.3) is 0 Å². The van der Waals surface area contributed by atoms with Crippen molar-refractivity contribution in [2.45, 2.75) is 19.4 Å². The standard InChI is InChI=1S/C26H32BrN3O3/c1-2-15-30(24(31)13-12-21-8-4-3-5-9-21)25(22-10-6-7-11-23(22)27)26(32)28-14-16-29-17-19-33-20-18-29/h3-13,25H,2,14-20H2,1H3,(H,28,32)/b13-12+. The van der Waals surface area contributed by atoms with Gasteiger partial charge in [-0.1, -0.05) is 71.4 Å². The Morgan fingerprint density at radius 3 is 2.52 bits per heavy atom. The third-order valence-electron chi connectivity index (χ3n) is 5.56. The summed E-state index contributed by atoms with van der Waals surface area (Å²) < 4.78 is 6.20. The Bertz CT molecular complexity index is 929. The van der Waals surface area contributed by atoms with Crippen molar-refractivity contribution in [1.29, 1.82) is 0 Å². The topological polar surface area (TPSA) is 61.9 Å². The smallest absolute Gasteiger partial charge is 0.247 e. The number of ether oxygens (including phenoxy) is 1. The lowest BCUT2D eigenvalue weighted by Crippen LogP contribution is -2.46. The van der Waals surface area contributed by atoms with Crippen LogP contribution in [0.4, 0.5) is 0 Å². The van der Waals surface area contributed by atoms with E-state index in [4.69, 9.17) is 4.74 Å². The van der Waals surface area contributed by atoms with Crippen LogP contribution in [0.2, 0.25) is 0 Å². The Morgan fingerprint density at radius 2 is 1.82 bits per heavy atom. The molecule has 1 aliphatic rings. The van der Waals surface area contributed by atoms with Gasteiger partial charge in [0.15, 0.2) is 0 Å². The number of carbonyl (C=O) groups excluding carboxylic acids is 2. The van der Waals surface area contributed by atoms with Gasteiger partial charge in [0, 0.05) is 43.3 Å². The molecule has 0 spiro atoms. The minimum Gasteiger partial charge on any atom is -0.379 e. The molecule has 0 aromatic heterocycles. The monoisotopic (exact) mass is 513 g/mol. The number of carbonyl (C=O) groups is 2. The third-order valence-corrected chi connectivity index (χ3v) is 6.28. The zero-order valence-electron chi connectivity index (χ0n) is 19.1. The van der Waals surface area contributed by atoms with E-state index in [1.165, 1.54) is 0 Å². The second-order valence-electron chi connectivity index (χ2n) is 7.94. The highest BCUT2D eigenvalue weighted by Gasteiger charge is 2.31. The maximum absolute atomic E-state index is 13.4. The molecule has 2 aromatic rings. The number of halogens is 1. The van der Waals surface area contributed by atoms with Crippen molar-refractivity contribution in [3.63, 3.8) is 0 Å². The van der Waals surface area contributed by atoms with Crippen molar-refractivity contribution < 1.29 is 14.3 Å². The predicted octanol–water partition coefficient (Wildman–Crippen LogP) is 3.89. The number of nitrogens with one attached hydrogen (secondary N) is 1. The van der Waals surface area contributed by atoms with Gasteiger partial charge in [-0.05, 0) is 29.7 Å². The Labute approximate surface area is 204 Å². The Morgan fingerprint density at radius 1 is 1.12 bits per heavy atom. The van der Waals surface area contributed by atoms with Gasteiger partial charge in [-0.25, -0.2) is 0 Å². The van der Waals surface area contributed by atoms with Crippen molar-refractivity contribution >= 4 is 33.8 Å². The average Bonchev–Trinajstić information content (AvgIpc) is 2.84. The summed E-state index contributed by atoms with van der Waals surface area (Å²) in [4.78, 5) is 30.6. The van der Waals surface area contributed by atoms with E-state index >= 15 is 0 Å². The van der Waals surface area contributed by atoms with Gasteiger partial charge in [-0.3, -0.25) is 14.5 Å². The highest BCUT2D eigenvalue weighted by atomic mass is 79.9. The van der Waals surface area contributed by atoms with E-state index < -0.39 is 6.04 Å². The zero-order chi connectivity index (χ0) is 23.5. The molecule has 1 atom stereocenters. The Kier molecular flexibility index (Phi) is 10.1. The fourth-order valence-electron chi connectivity index (χ4n) is 3.84. The van der Waals surface area contributed by atoms with Gasteiger partial charge >= 0.3 is 0 Å². The molecule has 7 heteroatoms. The van der Waals surface area contributed by atoms with Crippen LogP contribution in [0, 0.1) is 0 Å². The lowest BCUT2D eigenvalue weighted by Gasteiger charge is -2.31. The lowest BCUT2D eigenvalue weighted by atomic mass is 10.0. The fraction of sp³-hybridized carbons (Fsp3) is 0.385. The van der Waals surface area contributed by atoms with E-state index in [-0.39, 0.29) is 11.8 Å². The van der Waals surface area contributed by atoms with Crippen molar-refractivity contribution in [2.75, 3.05) is 45.9 Å². The first-order valence-corrected chi connectivity index (χ1v) is 12.3. The molecular formula is C26H32BrN3O3. The Hall–Kier alpha value is -2.48. The molecule has 33 heavy (non-hydrogen) atoms. The van der Waals surface area contributed by atoms with Gasteiger partial charge in [0.2, 0.25) is 11.8 Å². The summed E-state index contributed by atoms with van der Waals surface area (Å²) >= 11 is 3.58. The maximum atomic E-state index is 13.4. The molecule has 0 bridgehead atoms. The van der Waals surface area contributed by atoms with Gasteiger partial charge < -0.3 is 15.0 Å². The SMILES string of the molecule is CCCN(C(=O)/C=C/c1ccccc1)C(C(=O)NCCN1CCOCC1)c1ccccc1Br. The quantitative estimate of drug-likeness (QED) is 0.489. The van der Waals surface area contributed by atoms with E-state index in [2.05, 4.69) is 26.1 Å². The van der Waals surface area contributed by atoms with Crippen molar-refractivity contribution in [2.24, 2.45) is 0 Å². The van der Waals surface area contributed by atoms with Crippen LogP contribution in [0.3, 0.4) is 0 Å². The fourth-order valence-corrected chi connectivity index (χ4v) is 4.34. The molecule has 1 fully saturated rings. The van der Waals surface area contributed by atoms with E-state index in [1.807, 2.05) is 61.5 Å². The van der Waals surface area contributed by atoms with Gasteiger partial charge in [-0.2, -0.15) is 0 Å². The normalized spacial score (nSPS) is 15.3. The zero-order valence-corrected chi connectivity index (χ0v) is 20.7. The summed E-state index contributed by atoms with van der Waals surface area (Å²) in [6.07, 6.45) is 4.08. The van der Waals surface area contributed by atoms with Crippen LogP contribution in [0.5, 0.6) is 0 Å². The van der Waals surface area contributed by atoms with Crippen LogP contribution in [-0.4, -0.2) is 67.6 Å². The van der Waals surface area contributed by atoms with Crippen LogP contribution in [0.15, 0.2) is 65.1 Å². The van der Waals surface area contributed by atoms with Crippen molar-refractivity contribution in [3.05, 3.63) is 76.3 Å². The van der Waals surface area contributed by atoms with Gasteiger partial charge in [-0.15, -0.1) is 0 Å². The number of rotatable bonds is 10. The highest BCUT2D eigenvalue weighted by Crippen LogP contribution is 2.29. The molecule has 1 saturated heterocycles. The number of amides is 2. The summed E-state index contributed by atoms with van der Waals surface area (Å²) in [5.74, 6) is -0.366. The molecule has 0 radical (unpaired) electrons. The number of morpholine rings is 1. The molecule has 0 saturated carbocycles. The maximum Gasteiger partial charge on any atom is 0.247 e. The minimum atomic E-state index is -0.724. The summed E-state index contributed by atoms with van der Waals surface area (Å²) in [7, 11) is 0. The first kappa shape index (κ1) is 25.1. The number of benzene rings is 2. The Balaban J connectivity index is 1.79. The molecule has 6 nitrogen and oxygen atoms in total. The molecular weight excluding hydrogens is 482 g/mol. The van der Waals surface area contributed by atoms with Crippen LogP contribution >= 0.6 is 15.9 Å². The van der Waals surface area contributed by atoms with Crippen molar-refractivity contribution in [1.82, 2.24) is 15.1 Å². The second kappa shape index (κ2) is 13.3. The molecule has 0 aliphatic carbocycles. The summed E-state index contributed by atoms with van der Waals surface area (Å²) in [6, 6.07) is 16.6. The molecule has 2 amide bonds. The molecule has 3 rings (SSSR count). The highest BCUT2D eigenvalue weighted by molar-refractivity contribution is 9.10. The molecule has 2 aromatic carbocycles. The molecule has 1 N–H and O–H groups in total. The summed E-state index contributed by atoms with van der Waals surface area (Å²) in [5, 5.41) is 3.06. The molecule has 1 heterocycles. The van der Waals surface area contributed by atoms with Gasteiger partial charge in [0.05, 0.1) is 13.2 Å². The van der Waals surface area contributed by atoms with Crippen LogP contribution in [-0.2, 0) is 14.3 Å². The largest absolute Gasteiger partial charge is 0.379 e. The molecule has 1 unspecified atom stereocenters. The number of hydrogen-bond donors (Lipinski definition) is 1. The van der Waals surface area contributed by atoms with Crippen molar-refractivity contribution in [3.8, 4) is 0 Å². The van der Waals surface area contributed by atoms with E-state index in [1.54, 1.807) is 17.1 Å². The predicted molar refractivity (Wildman–Crippen MR) is 135 cm³/mol. The number of nitrogens with zero attached hydrogens (tertiary/aromatic N) is 2. The van der Waals surface area contributed by atoms with E-state index in [0.717, 1.165) is 54.9 Å². The van der Waals surface area contributed by atoms with Crippen LogP contribution in [0.25, 0.3) is 6.08 Å². The minimum absolute atomic E-state index is 0.176. The molecule has 1 aliphatic heterocycles. The third kappa shape index (κ3) is 7.52.